The molecule has 5 rings (SSSR count). The van der Waals surface area contributed by atoms with E-state index in [1.807, 2.05) is 12.1 Å². The molecule has 2 fully saturated rings. The van der Waals surface area contributed by atoms with Gasteiger partial charge in [-0.3, -0.25) is 4.79 Å². The summed E-state index contributed by atoms with van der Waals surface area (Å²) in [5, 5.41) is 18.3. The van der Waals surface area contributed by atoms with E-state index in [-0.39, 0.29) is 23.1 Å². The number of aryl methyl sites for hydroxylation is 1. The van der Waals surface area contributed by atoms with Gasteiger partial charge in [-0.25, -0.2) is 4.39 Å². The fourth-order valence-electron chi connectivity index (χ4n) is 6.04. The quantitative estimate of drug-likeness (QED) is 0.301. The second kappa shape index (κ2) is 9.11. The predicted octanol–water partition coefficient (Wildman–Crippen LogP) is 5.68. The molecule has 2 aliphatic rings. The van der Waals surface area contributed by atoms with E-state index in [2.05, 4.69) is 11.5 Å². The highest BCUT2D eigenvalue weighted by Crippen LogP contribution is 2.50. The number of nitrogens with zero attached hydrogens (tertiary/aromatic N) is 1. The van der Waals surface area contributed by atoms with Crippen LogP contribution in [-0.2, 0) is 16.0 Å². The van der Waals surface area contributed by atoms with Crippen molar-refractivity contribution in [2.75, 3.05) is 18.9 Å². The summed E-state index contributed by atoms with van der Waals surface area (Å²) in [6.07, 6.45) is 6.17. The minimum atomic E-state index is -0.703. The number of nitrogens with one attached hydrogen (secondary N) is 1. The summed E-state index contributed by atoms with van der Waals surface area (Å²) in [6.45, 7) is 3.57. The van der Waals surface area contributed by atoms with Crippen LogP contribution < -0.4 is 5.73 Å². The minimum Gasteiger partial charge on any atom is -0.481 e. The lowest BCUT2D eigenvalue weighted by Crippen LogP contribution is -2.39. The van der Waals surface area contributed by atoms with Gasteiger partial charge in [0, 0.05) is 53.4 Å². The highest BCUT2D eigenvalue weighted by Gasteiger charge is 2.43. The number of benzene rings is 2. The average molecular weight is 478 g/mol. The molecular formula is C28H32FN3O3. The summed E-state index contributed by atoms with van der Waals surface area (Å²) in [7, 11) is 0. The largest absolute Gasteiger partial charge is 0.481 e. The number of carbonyl (C=O) groups is 1. The number of rotatable bonds is 7. The van der Waals surface area contributed by atoms with Gasteiger partial charge >= 0.3 is 5.97 Å². The number of nitrogen functional groups attached to an aromatic ring is 1. The molecule has 4 N–H and O–H groups in total. The number of halogens is 1. The van der Waals surface area contributed by atoms with E-state index in [9.17, 15) is 14.3 Å². The van der Waals surface area contributed by atoms with Crippen molar-refractivity contribution < 1.29 is 19.0 Å². The Morgan fingerprint density at radius 3 is 2.57 bits per heavy atom. The average Bonchev–Trinajstić information content (AvgIpc) is 3.14. The van der Waals surface area contributed by atoms with Gasteiger partial charge in [0.05, 0.1) is 11.4 Å². The van der Waals surface area contributed by atoms with Crippen molar-refractivity contribution in [2.24, 2.45) is 11.3 Å². The van der Waals surface area contributed by atoms with E-state index in [1.165, 1.54) is 29.6 Å². The molecule has 3 aromatic rings. The lowest BCUT2D eigenvalue weighted by atomic mass is 9.61. The summed E-state index contributed by atoms with van der Waals surface area (Å²) in [4.78, 5) is 11.4. The number of carboxylic acids is 1. The van der Waals surface area contributed by atoms with Crippen molar-refractivity contribution in [3.05, 3.63) is 59.0 Å². The number of hydrogen-bond donors (Lipinski definition) is 3. The van der Waals surface area contributed by atoms with Crippen molar-refractivity contribution in [1.29, 1.82) is 5.41 Å². The number of aromatic nitrogens is 1. The Morgan fingerprint density at radius 1 is 1.26 bits per heavy atom. The maximum absolute atomic E-state index is 13.8. The van der Waals surface area contributed by atoms with Gasteiger partial charge in [0.2, 0.25) is 0 Å². The molecule has 0 radical (unpaired) electrons. The summed E-state index contributed by atoms with van der Waals surface area (Å²) < 4.78 is 21.7. The van der Waals surface area contributed by atoms with Crippen LogP contribution in [0.2, 0.25) is 0 Å². The molecule has 1 aliphatic carbocycles. The van der Waals surface area contributed by atoms with Crippen LogP contribution in [0.5, 0.6) is 0 Å². The molecule has 2 heterocycles. The Hall–Kier alpha value is -3.19. The van der Waals surface area contributed by atoms with Crippen LogP contribution in [0.3, 0.4) is 0 Å². The van der Waals surface area contributed by atoms with E-state index in [4.69, 9.17) is 15.9 Å². The van der Waals surface area contributed by atoms with Crippen LogP contribution >= 0.6 is 0 Å². The smallest absolute Gasteiger partial charge is 0.306 e. The standard InChI is InChI=1S/C28H32FN3O3/c1-28(14-19(15-28)27(33)34)9-6-22-23-13-24(31)18(16-30)12-25(23)32(21-4-2-20(29)3-5-21)26(22)17-7-10-35-11-8-17/h2-5,12-13,16-17,19,30H,6-11,14-15,31H2,1H3,(H,33,34). The zero-order valence-corrected chi connectivity index (χ0v) is 20.0. The molecule has 0 unspecified atom stereocenters. The Balaban J connectivity index is 1.66. The molecule has 35 heavy (non-hydrogen) atoms. The molecule has 0 spiro atoms. The van der Waals surface area contributed by atoms with Crippen molar-refractivity contribution in [3.63, 3.8) is 0 Å². The van der Waals surface area contributed by atoms with Crippen molar-refractivity contribution >= 4 is 28.8 Å². The normalized spacial score (nSPS) is 22.7. The van der Waals surface area contributed by atoms with Crippen molar-refractivity contribution in [2.45, 2.75) is 51.4 Å². The molecule has 2 aromatic carbocycles. The second-order valence-corrected chi connectivity index (χ2v) is 10.5. The number of ether oxygens (including phenoxy) is 1. The van der Waals surface area contributed by atoms with Gasteiger partial charge in [0.1, 0.15) is 5.82 Å². The molecule has 6 nitrogen and oxygen atoms in total. The zero-order chi connectivity index (χ0) is 24.7. The van der Waals surface area contributed by atoms with Gasteiger partial charge in [-0.2, -0.15) is 0 Å². The summed E-state index contributed by atoms with van der Waals surface area (Å²) in [6, 6.07) is 10.5. The third-order valence-corrected chi connectivity index (χ3v) is 7.97. The number of carboxylic acid groups (broad SMARTS) is 1. The molecule has 7 heteroatoms. The molecule has 1 aromatic heterocycles. The molecule has 1 saturated heterocycles. The fourth-order valence-corrected chi connectivity index (χ4v) is 6.04. The van der Waals surface area contributed by atoms with Crippen molar-refractivity contribution in [3.8, 4) is 5.69 Å². The van der Waals surface area contributed by atoms with E-state index in [0.29, 0.717) is 37.3 Å². The van der Waals surface area contributed by atoms with Crippen LogP contribution in [-0.4, -0.2) is 35.1 Å². The first-order valence-corrected chi connectivity index (χ1v) is 12.3. The minimum absolute atomic E-state index is 0.000737. The lowest BCUT2D eigenvalue weighted by Gasteiger charge is -2.43. The maximum Gasteiger partial charge on any atom is 0.306 e. The van der Waals surface area contributed by atoms with Gasteiger partial charge in [0.15, 0.2) is 0 Å². The summed E-state index contributed by atoms with van der Waals surface area (Å²) in [5.74, 6) is -0.957. The first kappa shape index (κ1) is 23.5. The topological polar surface area (TPSA) is 101 Å². The molecular weight excluding hydrogens is 445 g/mol. The number of fused-ring (bicyclic) bond motifs is 1. The first-order valence-electron chi connectivity index (χ1n) is 12.3. The molecule has 1 aliphatic heterocycles. The van der Waals surface area contributed by atoms with E-state index in [1.54, 1.807) is 12.1 Å². The molecule has 0 amide bonds. The van der Waals surface area contributed by atoms with Gasteiger partial charge in [0.25, 0.3) is 0 Å². The number of hydrogen-bond acceptors (Lipinski definition) is 4. The highest BCUT2D eigenvalue weighted by molar-refractivity contribution is 5.97. The third kappa shape index (κ3) is 4.33. The van der Waals surface area contributed by atoms with Crippen LogP contribution in [0.4, 0.5) is 10.1 Å². The maximum atomic E-state index is 13.8. The Morgan fingerprint density at radius 2 is 1.94 bits per heavy atom. The molecule has 1 saturated carbocycles. The van der Waals surface area contributed by atoms with Gasteiger partial charge < -0.3 is 25.6 Å². The molecule has 0 atom stereocenters. The Kier molecular flexibility index (Phi) is 6.13. The van der Waals surface area contributed by atoms with Crippen LogP contribution in [0.25, 0.3) is 16.6 Å². The van der Waals surface area contributed by atoms with E-state index < -0.39 is 5.97 Å². The number of nitrogens with two attached hydrogens (primary N) is 1. The molecule has 184 valence electrons. The lowest BCUT2D eigenvalue weighted by molar-refractivity contribution is -0.149. The number of anilines is 1. The molecule has 0 bridgehead atoms. The Labute approximate surface area is 204 Å². The summed E-state index contributed by atoms with van der Waals surface area (Å²) >= 11 is 0. The van der Waals surface area contributed by atoms with E-state index >= 15 is 0 Å². The SMILES string of the molecule is CC1(CCc2c(C3CCOCC3)n(-c3ccc(F)cc3)c3cc(C=N)c(N)cc23)CC(C(=O)O)C1. The van der Waals surface area contributed by atoms with Gasteiger partial charge in [-0.15, -0.1) is 0 Å². The zero-order valence-electron chi connectivity index (χ0n) is 20.0. The van der Waals surface area contributed by atoms with E-state index in [0.717, 1.165) is 42.3 Å². The van der Waals surface area contributed by atoms with Crippen molar-refractivity contribution in [1.82, 2.24) is 4.57 Å². The van der Waals surface area contributed by atoms with Crippen LogP contribution in [0, 0.1) is 22.6 Å². The third-order valence-electron chi connectivity index (χ3n) is 7.97. The fraction of sp³-hybridized carbons (Fsp3) is 0.429. The van der Waals surface area contributed by atoms with Crippen LogP contribution in [0.1, 0.15) is 61.8 Å². The Bertz CT molecular complexity index is 1270. The summed E-state index contributed by atoms with van der Waals surface area (Å²) in [5.41, 5.74) is 11.8. The second-order valence-electron chi connectivity index (χ2n) is 10.5. The first-order chi connectivity index (χ1) is 16.8. The number of aliphatic carboxylic acids is 1. The van der Waals surface area contributed by atoms with Gasteiger partial charge in [-0.1, -0.05) is 6.92 Å². The highest BCUT2D eigenvalue weighted by atomic mass is 19.1. The predicted molar refractivity (Wildman–Crippen MR) is 135 cm³/mol. The monoisotopic (exact) mass is 477 g/mol. The van der Waals surface area contributed by atoms with Gasteiger partial charge in [-0.05, 0) is 85.9 Å². The van der Waals surface area contributed by atoms with Crippen LogP contribution in [0.15, 0.2) is 36.4 Å².